The Morgan fingerprint density at radius 1 is 1.19 bits per heavy atom. The Bertz CT molecular complexity index is 1070. The van der Waals surface area contributed by atoms with Crippen LogP contribution in [0.1, 0.15) is 5.56 Å². The number of rotatable bonds is 6. The summed E-state index contributed by atoms with van der Waals surface area (Å²) in [4.78, 5) is 14.4. The molecule has 0 saturated heterocycles. The average molecular weight is 406 g/mol. The fourth-order valence-electron chi connectivity index (χ4n) is 2.64. The Balaban J connectivity index is 2.09. The normalized spacial score (nSPS) is 11.3. The van der Waals surface area contributed by atoms with E-state index in [1.165, 1.54) is 24.5 Å². The number of hydrogen-bond donors (Lipinski definition) is 2. The second-order valence-electron chi connectivity index (χ2n) is 5.67. The third-order valence-electron chi connectivity index (χ3n) is 3.86. The van der Waals surface area contributed by atoms with Crippen LogP contribution in [0.2, 0.25) is 5.15 Å². The SMILES string of the molecule is O=C(O)NCCc1cc(-c2ccccc2)n(S(=O)(=O)c2cccnc2Cl)c1. The highest BCUT2D eigenvalue weighted by molar-refractivity contribution is 7.90. The lowest BCUT2D eigenvalue weighted by molar-refractivity contribution is 0.194. The Morgan fingerprint density at radius 2 is 1.93 bits per heavy atom. The average Bonchev–Trinajstić information content (AvgIpc) is 3.07. The first-order valence-electron chi connectivity index (χ1n) is 7.99. The molecule has 2 N–H and O–H groups in total. The number of halogens is 1. The zero-order valence-electron chi connectivity index (χ0n) is 14.0. The topological polar surface area (TPSA) is 101 Å². The predicted octanol–water partition coefficient (Wildman–Crippen LogP) is 3.25. The molecule has 9 heteroatoms. The highest BCUT2D eigenvalue weighted by Gasteiger charge is 2.24. The molecule has 0 unspecified atom stereocenters. The van der Waals surface area contributed by atoms with Gasteiger partial charge in [-0.15, -0.1) is 0 Å². The van der Waals surface area contributed by atoms with E-state index in [1.807, 2.05) is 18.2 Å². The van der Waals surface area contributed by atoms with Gasteiger partial charge in [-0.05, 0) is 35.7 Å². The molecular formula is C18H16ClN3O4S. The third-order valence-corrected chi connectivity index (χ3v) is 5.98. The molecule has 0 aliphatic rings. The van der Waals surface area contributed by atoms with Gasteiger partial charge in [-0.3, -0.25) is 0 Å². The smallest absolute Gasteiger partial charge is 0.404 e. The molecule has 2 heterocycles. The van der Waals surface area contributed by atoms with E-state index in [0.29, 0.717) is 23.2 Å². The van der Waals surface area contributed by atoms with E-state index in [4.69, 9.17) is 16.7 Å². The monoisotopic (exact) mass is 405 g/mol. The molecule has 3 rings (SSSR count). The minimum Gasteiger partial charge on any atom is -0.465 e. The number of nitrogens with one attached hydrogen (secondary N) is 1. The zero-order chi connectivity index (χ0) is 19.4. The van der Waals surface area contributed by atoms with Gasteiger partial charge in [0, 0.05) is 18.9 Å². The summed E-state index contributed by atoms with van der Waals surface area (Å²) in [7, 11) is -3.98. The lowest BCUT2D eigenvalue weighted by Gasteiger charge is -2.11. The van der Waals surface area contributed by atoms with Crippen molar-refractivity contribution >= 4 is 27.7 Å². The molecule has 0 radical (unpaired) electrons. The van der Waals surface area contributed by atoms with Crippen LogP contribution in [0.15, 0.2) is 65.8 Å². The summed E-state index contributed by atoms with van der Waals surface area (Å²) < 4.78 is 27.5. The van der Waals surface area contributed by atoms with Crippen molar-refractivity contribution in [2.24, 2.45) is 0 Å². The van der Waals surface area contributed by atoms with E-state index in [-0.39, 0.29) is 16.6 Å². The van der Waals surface area contributed by atoms with Crippen molar-refractivity contribution in [3.8, 4) is 11.3 Å². The van der Waals surface area contributed by atoms with Gasteiger partial charge in [0.1, 0.15) is 10.0 Å². The summed E-state index contributed by atoms with van der Waals surface area (Å²) >= 11 is 6.00. The van der Waals surface area contributed by atoms with Crippen molar-refractivity contribution in [2.75, 3.05) is 6.54 Å². The van der Waals surface area contributed by atoms with Gasteiger partial charge >= 0.3 is 6.09 Å². The fraction of sp³-hybridized carbons (Fsp3) is 0.111. The van der Waals surface area contributed by atoms with E-state index in [0.717, 1.165) is 3.97 Å². The van der Waals surface area contributed by atoms with Gasteiger partial charge in [-0.25, -0.2) is 22.2 Å². The Labute approximate surface area is 161 Å². The number of hydrogen-bond acceptors (Lipinski definition) is 4. The Hall–Kier alpha value is -2.84. The molecule has 2 aromatic heterocycles. The van der Waals surface area contributed by atoms with Crippen LogP contribution in [0.5, 0.6) is 0 Å². The van der Waals surface area contributed by atoms with Crippen LogP contribution in [-0.2, 0) is 16.4 Å². The number of pyridine rings is 1. The molecule has 0 bridgehead atoms. The summed E-state index contributed by atoms with van der Waals surface area (Å²) in [6.45, 7) is 0.168. The Morgan fingerprint density at radius 3 is 2.59 bits per heavy atom. The van der Waals surface area contributed by atoms with Crippen molar-refractivity contribution in [1.82, 2.24) is 14.3 Å². The largest absolute Gasteiger partial charge is 0.465 e. The minimum absolute atomic E-state index is 0.102. The van der Waals surface area contributed by atoms with Crippen LogP contribution in [0, 0.1) is 0 Å². The molecule has 0 aliphatic carbocycles. The first-order valence-corrected chi connectivity index (χ1v) is 9.81. The van der Waals surface area contributed by atoms with E-state index < -0.39 is 16.1 Å². The molecule has 0 atom stereocenters. The summed E-state index contributed by atoms with van der Waals surface area (Å²) in [5, 5.41) is 10.9. The molecule has 140 valence electrons. The van der Waals surface area contributed by atoms with Crippen molar-refractivity contribution in [3.63, 3.8) is 0 Å². The standard InChI is InChI=1S/C18H16ClN3O4S/c19-17-16(7-4-9-20-17)27(25,26)22-12-13(8-10-21-18(23)24)11-15(22)14-5-2-1-3-6-14/h1-7,9,11-12,21H,8,10H2,(H,23,24). The van der Waals surface area contributed by atoms with Gasteiger partial charge in [0.2, 0.25) is 0 Å². The third kappa shape index (κ3) is 4.12. The van der Waals surface area contributed by atoms with Crippen LogP contribution in [-0.4, -0.2) is 35.1 Å². The summed E-state index contributed by atoms with van der Waals surface area (Å²) in [5.74, 6) is 0. The maximum Gasteiger partial charge on any atom is 0.404 e. The van der Waals surface area contributed by atoms with Crippen molar-refractivity contribution < 1.29 is 18.3 Å². The van der Waals surface area contributed by atoms with Crippen molar-refractivity contribution in [2.45, 2.75) is 11.3 Å². The molecule has 3 aromatic rings. The quantitative estimate of drug-likeness (QED) is 0.613. The van der Waals surface area contributed by atoms with Gasteiger partial charge in [-0.1, -0.05) is 41.9 Å². The van der Waals surface area contributed by atoms with E-state index >= 15 is 0 Å². The maximum absolute atomic E-state index is 13.2. The fourth-order valence-corrected chi connectivity index (χ4v) is 4.47. The molecule has 0 saturated carbocycles. The number of nitrogens with zero attached hydrogens (tertiary/aromatic N) is 2. The first kappa shape index (κ1) is 18.9. The summed E-state index contributed by atoms with van der Waals surface area (Å²) in [6.07, 6.45) is 2.10. The summed E-state index contributed by atoms with van der Waals surface area (Å²) in [5.41, 5.74) is 1.84. The molecule has 0 spiro atoms. The molecule has 1 amide bonds. The van der Waals surface area contributed by atoms with E-state index in [9.17, 15) is 13.2 Å². The lowest BCUT2D eigenvalue weighted by atomic mass is 10.1. The maximum atomic E-state index is 13.2. The van der Waals surface area contributed by atoms with Crippen molar-refractivity contribution in [3.05, 3.63) is 71.6 Å². The molecule has 1 aromatic carbocycles. The molecule has 7 nitrogen and oxygen atoms in total. The number of benzene rings is 1. The highest BCUT2D eigenvalue weighted by Crippen LogP contribution is 2.29. The molecule has 0 fully saturated rings. The van der Waals surface area contributed by atoms with E-state index in [1.54, 1.807) is 18.2 Å². The van der Waals surface area contributed by atoms with Crippen LogP contribution >= 0.6 is 11.6 Å². The number of aromatic nitrogens is 2. The number of carboxylic acid groups (broad SMARTS) is 1. The van der Waals surface area contributed by atoms with Gasteiger partial charge in [-0.2, -0.15) is 0 Å². The second-order valence-corrected chi connectivity index (χ2v) is 7.82. The van der Waals surface area contributed by atoms with Crippen LogP contribution < -0.4 is 5.32 Å². The lowest BCUT2D eigenvalue weighted by Crippen LogP contribution is -2.23. The zero-order valence-corrected chi connectivity index (χ0v) is 15.6. The van der Waals surface area contributed by atoms with Gasteiger partial charge < -0.3 is 10.4 Å². The van der Waals surface area contributed by atoms with Gasteiger partial charge in [0.25, 0.3) is 10.0 Å². The summed E-state index contributed by atoms with van der Waals surface area (Å²) in [6, 6.07) is 13.7. The van der Waals surface area contributed by atoms with Crippen molar-refractivity contribution in [1.29, 1.82) is 0 Å². The first-order chi connectivity index (χ1) is 12.9. The van der Waals surface area contributed by atoms with Crippen LogP contribution in [0.4, 0.5) is 4.79 Å². The molecule has 0 aliphatic heterocycles. The van der Waals surface area contributed by atoms with Crippen LogP contribution in [0.25, 0.3) is 11.3 Å². The van der Waals surface area contributed by atoms with Crippen LogP contribution in [0.3, 0.4) is 0 Å². The number of carbonyl (C=O) groups is 1. The van der Waals surface area contributed by atoms with Gasteiger partial charge in [0.05, 0.1) is 5.69 Å². The highest BCUT2D eigenvalue weighted by atomic mass is 35.5. The molecule has 27 heavy (non-hydrogen) atoms. The second kappa shape index (κ2) is 7.81. The van der Waals surface area contributed by atoms with E-state index in [2.05, 4.69) is 10.3 Å². The number of amides is 1. The minimum atomic E-state index is -3.98. The Kier molecular flexibility index (Phi) is 5.48. The van der Waals surface area contributed by atoms with Gasteiger partial charge in [0.15, 0.2) is 0 Å². The molecular weight excluding hydrogens is 390 g/mol. The predicted molar refractivity (Wildman–Crippen MR) is 101 cm³/mol.